The monoisotopic (exact) mass is 597 g/mol. The zero-order valence-electron chi connectivity index (χ0n) is 22.6. The van der Waals surface area contributed by atoms with Crippen LogP contribution in [0.15, 0.2) is 52.3 Å². The fraction of sp³-hybridized carbons (Fsp3) is 0.500. The lowest BCUT2D eigenvalue weighted by Crippen LogP contribution is -2.47. The summed E-state index contributed by atoms with van der Waals surface area (Å²) in [7, 11) is -4.55. The van der Waals surface area contributed by atoms with E-state index in [4.69, 9.17) is 14.2 Å². The molecule has 14 heteroatoms. The molecule has 0 radical (unpaired) electrons. The van der Waals surface area contributed by atoms with Gasteiger partial charge in [-0.15, -0.1) is 0 Å². The summed E-state index contributed by atoms with van der Waals surface area (Å²) in [6, 6.07) is 10.1. The molecule has 2 atom stereocenters. The lowest BCUT2D eigenvalue weighted by Gasteiger charge is -2.38. The first-order valence-corrected chi connectivity index (χ1v) is 15.8. The van der Waals surface area contributed by atoms with E-state index < -0.39 is 37.7 Å². The zero-order valence-corrected chi connectivity index (χ0v) is 24.3. The van der Waals surface area contributed by atoms with E-state index in [2.05, 4.69) is 10.0 Å². The number of methoxy groups -OCH3 is 1. The molecule has 0 aliphatic carbocycles. The first kappa shape index (κ1) is 30.4. The maximum absolute atomic E-state index is 13.2. The van der Waals surface area contributed by atoms with Crippen LogP contribution >= 0.6 is 0 Å². The van der Waals surface area contributed by atoms with Crippen molar-refractivity contribution in [3.63, 3.8) is 0 Å². The molecule has 2 aliphatic heterocycles. The highest BCUT2D eigenvalue weighted by Gasteiger charge is 2.45. The average molecular weight is 598 g/mol. The molecule has 1 spiro atoms. The Morgan fingerprint density at radius 3 is 2.52 bits per heavy atom. The first-order valence-electron chi connectivity index (χ1n) is 12.8. The number of carbonyl (C=O) groups excluding carboxylic acids is 1. The van der Waals surface area contributed by atoms with Gasteiger partial charge in [-0.05, 0) is 69.1 Å². The number of carbonyl (C=O) groups is 1. The summed E-state index contributed by atoms with van der Waals surface area (Å²) in [5.74, 6) is -0.301. The molecule has 220 valence electrons. The summed E-state index contributed by atoms with van der Waals surface area (Å²) < 4.78 is 70.4. The van der Waals surface area contributed by atoms with Crippen molar-refractivity contribution in [1.29, 1.82) is 0 Å². The third-order valence-electron chi connectivity index (χ3n) is 7.32. The van der Waals surface area contributed by atoms with Gasteiger partial charge in [0.25, 0.3) is 0 Å². The van der Waals surface area contributed by atoms with Crippen LogP contribution in [0.3, 0.4) is 0 Å². The second-order valence-corrected chi connectivity index (χ2v) is 13.8. The van der Waals surface area contributed by atoms with Gasteiger partial charge >= 0.3 is 5.97 Å². The van der Waals surface area contributed by atoms with Crippen molar-refractivity contribution in [3.8, 4) is 11.5 Å². The van der Waals surface area contributed by atoms with Gasteiger partial charge in [-0.1, -0.05) is 6.07 Å². The van der Waals surface area contributed by atoms with Crippen molar-refractivity contribution in [3.05, 3.63) is 48.0 Å². The molecule has 4 rings (SSSR count). The van der Waals surface area contributed by atoms with Gasteiger partial charge < -0.3 is 24.6 Å². The smallest absolute Gasteiger partial charge is 0.341 e. The van der Waals surface area contributed by atoms with Gasteiger partial charge in [0.05, 0.1) is 29.1 Å². The molecule has 2 heterocycles. The molecule has 2 aliphatic rings. The van der Waals surface area contributed by atoms with E-state index in [1.165, 1.54) is 35.6 Å². The van der Waals surface area contributed by atoms with Crippen molar-refractivity contribution in [1.82, 2.24) is 14.3 Å². The number of rotatable bonds is 10. The van der Waals surface area contributed by atoms with Crippen molar-refractivity contribution in [2.75, 3.05) is 40.4 Å². The van der Waals surface area contributed by atoms with Crippen LogP contribution in [0.5, 0.6) is 11.5 Å². The molecule has 0 saturated carbocycles. The minimum Gasteiger partial charge on any atom is -0.496 e. The molecule has 0 amide bonds. The van der Waals surface area contributed by atoms with Crippen LogP contribution in [0.25, 0.3) is 0 Å². The molecule has 40 heavy (non-hydrogen) atoms. The lowest BCUT2D eigenvalue weighted by atomic mass is 9.88. The molecule has 2 aromatic rings. The molecule has 2 saturated heterocycles. The molecule has 0 aromatic heterocycles. The number of nitrogens with one attached hydrogen (secondary N) is 2. The van der Waals surface area contributed by atoms with Crippen LogP contribution in [0.4, 0.5) is 0 Å². The number of hydrogen-bond acceptors (Lipinski definition) is 10. The summed E-state index contributed by atoms with van der Waals surface area (Å²) in [4.78, 5) is 12.5. The molecule has 0 unspecified atom stereocenters. The van der Waals surface area contributed by atoms with E-state index in [-0.39, 0.29) is 28.1 Å². The van der Waals surface area contributed by atoms with Crippen LogP contribution in [0.1, 0.15) is 24.8 Å². The van der Waals surface area contributed by atoms with E-state index in [0.29, 0.717) is 44.7 Å². The highest BCUT2D eigenvalue weighted by atomic mass is 32.2. The number of sulfonamides is 2. The lowest BCUT2D eigenvalue weighted by molar-refractivity contribution is -0.143. The molecule has 12 nitrogen and oxygen atoms in total. The Morgan fingerprint density at radius 2 is 1.88 bits per heavy atom. The molecular weight excluding hydrogens is 562 g/mol. The standard InChI is InChI=1S/C26H35N3O9S2/c1-18-13-22(7-8-24(18)36-3)40(34,35)29-11-9-26(10-12-29)15-19(17-37-26)28-16-23(30)25(31)38-20-5-4-6-21(14-20)39(32,33)27-2/h4-8,13-14,19,23,27-28,30H,9-12,15-17H2,1-3H3/t19-,23-/m0/s1. The van der Waals surface area contributed by atoms with Gasteiger partial charge in [0.1, 0.15) is 11.5 Å². The minimum absolute atomic E-state index is 0.00459. The summed E-state index contributed by atoms with van der Waals surface area (Å²) >= 11 is 0. The van der Waals surface area contributed by atoms with Gasteiger partial charge in [-0.3, -0.25) is 0 Å². The van der Waals surface area contributed by atoms with E-state index in [1.54, 1.807) is 32.2 Å². The average Bonchev–Trinajstić information content (AvgIpc) is 3.33. The highest BCUT2D eigenvalue weighted by Crippen LogP contribution is 2.37. The fourth-order valence-corrected chi connectivity index (χ4v) is 7.28. The van der Waals surface area contributed by atoms with Crippen LogP contribution in [0.2, 0.25) is 0 Å². The number of esters is 1. The second kappa shape index (κ2) is 12.1. The van der Waals surface area contributed by atoms with Crippen LogP contribution < -0.4 is 19.5 Å². The Bertz CT molecular complexity index is 1440. The predicted molar refractivity (Wildman–Crippen MR) is 145 cm³/mol. The Kier molecular flexibility index (Phi) is 9.19. The first-order chi connectivity index (χ1) is 18.9. The van der Waals surface area contributed by atoms with Crippen LogP contribution in [0, 0.1) is 6.92 Å². The summed E-state index contributed by atoms with van der Waals surface area (Å²) in [6.07, 6.45) is 0.168. The maximum atomic E-state index is 13.2. The fourth-order valence-electron chi connectivity index (χ4n) is 4.99. The number of aryl methyl sites for hydroxylation is 1. The van der Waals surface area contributed by atoms with Crippen molar-refractivity contribution < 1.29 is 40.9 Å². The number of nitrogens with zero attached hydrogens (tertiary/aromatic N) is 1. The van der Waals surface area contributed by atoms with Crippen molar-refractivity contribution in [2.24, 2.45) is 0 Å². The number of aliphatic hydroxyl groups excluding tert-OH is 1. The predicted octanol–water partition coefficient (Wildman–Crippen LogP) is 0.780. The van der Waals surface area contributed by atoms with Crippen molar-refractivity contribution >= 4 is 26.0 Å². The number of hydrogen-bond donors (Lipinski definition) is 3. The van der Waals surface area contributed by atoms with E-state index >= 15 is 0 Å². The molecule has 2 aromatic carbocycles. The van der Waals surface area contributed by atoms with Crippen molar-refractivity contribution in [2.45, 2.75) is 53.7 Å². The Labute approximate surface area is 234 Å². The number of aliphatic hydroxyl groups is 1. The normalized spacial score (nSPS) is 20.4. The van der Waals surface area contributed by atoms with Gasteiger partial charge in [0, 0.05) is 31.7 Å². The third-order valence-corrected chi connectivity index (χ3v) is 10.6. The zero-order chi connectivity index (χ0) is 29.1. The number of ether oxygens (including phenoxy) is 3. The number of benzene rings is 2. The molecule has 3 N–H and O–H groups in total. The Balaban J connectivity index is 1.27. The van der Waals surface area contributed by atoms with E-state index in [0.717, 1.165) is 5.56 Å². The summed E-state index contributed by atoms with van der Waals surface area (Å²) in [5, 5.41) is 13.4. The van der Waals surface area contributed by atoms with Crippen LogP contribution in [-0.4, -0.2) is 90.4 Å². The number of piperidine rings is 1. The third kappa shape index (κ3) is 6.65. The second-order valence-electron chi connectivity index (χ2n) is 9.96. The quantitative estimate of drug-likeness (QED) is 0.264. The van der Waals surface area contributed by atoms with E-state index in [9.17, 15) is 26.7 Å². The molecule has 0 bridgehead atoms. The van der Waals surface area contributed by atoms with Gasteiger partial charge in [0.15, 0.2) is 6.10 Å². The van der Waals surface area contributed by atoms with Gasteiger partial charge in [0.2, 0.25) is 20.0 Å². The Morgan fingerprint density at radius 1 is 1.15 bits per heavy atom. The van der Waals surface area contributed by atoms with Gasteiger partial charge in [-0.2, -0.15) is 4.31 Å². The summed E-state index contributed by atoms with van der Waals surface area (Å²) in [5.41, 5.74) is 0.260. The molecule has 2 fully saturated rings. The maximum Gasteiger partial charge on any atom is 0.341 e. The highest BCUT2D eigenvalue weighted by molar-refractivity contribution is 7.89. The largest absolute Gasteiger partial charge is 0.496 e. The summed E-state index contributed by atoms with van der Waals surface area (Å²) in [6.45, 7) is 2.70. The minimum atomic E-state index is -3.71. The Hall–Kier alpha value is -2.59. The van der Waals surface area contributed by atoms with Crippen LogP contribution in [-0.2, 0) is 29.6 Å². The SMILES string of the molecule is CNS(=O)(=O)c1cccc(OC(=O)[C@@H](O)CN[C@@H]2COC3(CCN(S(=O)(=O)c4ccc(OC)c(C)c4)CC3)C2)c1. The van der Waals surface area contributed by atoms with E-state index in [1.807, 2.05) is 0 Å². The molecular formula is C26H35N3O9S2. The topological polar surface area (TPSA) is 161 Å². The van der Waals surface area contributed by atoms with Gasteiger partial charge in [-0.25, -0.2) is 26.4 Å².